The first kappa shape index (κ1) is 17.3. The predicted octanol–water partition coefficient (Wildman–Crippen LogP) is 2.11. The van der Waals surface area contributed by atoms with Crippen molar-refractivity contribution in [3.63, 3.8) is 0 Å². The first-order valence-corrected chi connectivity index (χ1v) is 8.11. The van der Waals surface area contributed by atoms with E-state index in [4.69, 9.17) is 9.15 Å². The van der Waals surface area contributed by atoms with Crippen LogP contribution in [-0.4, -0.2) is 28.4 Å². The lowest BCUT2D eigenvalue weighted by molar-refractivity contribution is -0.364. The summed E-state index contributed by atoms with van der Waals surface area (Å²) in [5, 5.41) is 32.7. The van der Waals surface area contributed by atoms with Gasteiger partial charge in [0.1, 0.15) is 5.75 Å². The van der Waals surface area contributed by atoms with Crippen LogP contribution in [0, 0.1) is 0 Å². The van der Waals surface area contributed by atoms with Crippen LogP contribution in [0.4, 0.5) is 0 Å². The molecule has 138 valence electrons. The Morgan fingerprint density at radius 3 is 2.52 bits per heavy atom. The molecule has 2 heterocycles. The van der Waals surface area contributed by atoms with E-state index in [1.807, 2.05) is 30.3 Å². The third-order valence-electron chi connectivity index (χ3n) is 4.52. The molecule has 0 amide bonds. The Hall–Kier alpha value is -3.13. The summed E-state index contributed by atoms with van der Waals surface area (Å²) in [6.45, 7) is 0. The average molecular weight is 368 g/mol. The molecule has 27 heavy (non-hydrogen) atoms. The van der Waals surface area contributed by atoms with Crippen molar-refractivity contribution in [3.05, 3.63) is 77.7 Å². The summed E-state index contributed by atoms with van der Waals surface area (Å²) < 4.78 is 15.2. The number of ether oxygens (including phenoxy) is 2. The van der Waals surface area contributed by atoms with Crippen molar-refractivity contribution in [2.75, 3.05) is 7.11 Å². The number of hydrogen-bond donors (Lipinski definition) is 3. The van der Waals surface area contributed by atoms with Gasteiger partial charge in [-0.15, -0.1) is 0 Å². The third kappa shape index (κ3) is 2.52. The number of furan rings is 1. The van der Waals surface area contributed by atoms with Crippen molar-refractivity contribution in [1.29, 1.82) is 0 Å². The molecule has 0 saturated heterocycles. The number of aliphatic hydroxyl groups is 3. The molecule has 1 atom stereocenters. The zero-order valence-electron chi connectivity index (χ0n) is 14.2. The van der Waals surface area contributed by atoms with Gasteiger partial charge in [0, 0.05) is 5.56 Å². The van der Waals surface area contributed by atoms with E-state index in [9.17, 15) is 20.1 Å². The molecule has 7 heteroatoms. The quantitative estimate of drug-likeness (QED) is 0.478. The number of fused-ring (bicyclic) bond motifs is 2. The maximum atomic E-state index is 11.6. The van der Waals surface area contributed by atoms with Gasteiger partial charge in [0.25, 0.3) is 11.6 Å². The molecule has 2 bridgehead atoms. The van der Waals surface area contributed by atoms with Crippen LogP contribution in [-0.2, 0) is 16.3 Å². The average Bonchev–Trinajstić information content (AvgIpc) is 3.27. The Labute approximate surface area is 154 Å². The minimum Gasteiger partial charge on any atom is -0.463 e. The maximum Gasteiger partial charge on any atom is 0.373 e. The summed E-state index contributed by atoms with van der Waals surface area (Å²) in [4.78, 5) is 11.6. The Kier molecular flexibility index (Phi) is 3.81. The zero-order valence-corrected chi connectivity index (χ0v) is 14.2. The first-order chi connectivity index (χ1) is 12.9. The summed E-state index contributed by atoms with van der Waals surface area (Å²) in [6, 6.07) is 16.4. The molecule has 0 spiro atoms. The van der Waals surface area contributed by atoms with Gasteiger partial charge in [-0.2, -0.15) is 0 Å². The topological polar surface area (TPSA) is 109 Å². The van der Waals surface area contributed by atoms with Gasteiger partial charge in [-0.1, -0.05) is 36.4 Å². The molecule has 2 aromatic carbocycles. The van der Waals surface area contributed by atoms with Crippen LogP contribution in [0.1, 0.15) is 21.9 Å². The smallest absolute Gasteiger partial charge is 0.373 e. The van der Waals surface area contributed by atoms with Crippen LogP contribution in [0.5, 0.6) is 5.75 Å². The van der Waals surface area contributed by atoms with Gasteiger partial charge in [-0.25, -0.2) is 4.79 Å². The molecule has 3 N–H and O–H groups in total. The van der Waals surface area contributed by atoms with E-state index in [1.165, 1.54) is 19.2 Å². The standard InChI is InChI=1S/C20H16O7/c1-25-18(21)16-9-10-17(26-16)19(22,23)20(24)15-11-13(27-20)7-8-14(15)12-5-3-2-4-6-12/h2-11,22-24H,1H3. The lowest BCUT2D eigenvalue weighted by atomic mass is 9.90. The number of carbonyl (C=O) groups excluding carboxylic acids is 1. The van der Waals surface area contributed by atoms with Gasteiger partial charge in [0.15, 0.2) is 5.76 Å². The van der Waals surface area contributed by atoms with Crippen molar-refractivity contribution in [2.24, 2.45) is 0 Å². The second-order valence-electron chi connectivity index (χ2n) is 6.15. The molecule has 1 aliphatic heterocycles. The van der Waals surface area contributed by atoms with Gasteiger partial charge in [-0.05, 0) is 35.4 Å². The normalized spacial score (nSPS) is 18.2. The minimum atomic E-state index is -2.97. The lowest BCUT2D eigenvalue weighted by Crippen LogP contribution is -2.51. The Bertz CT molecular complexity index is 1010. The summed E-state index contributed by atoms with van der Waals surface area (Å²) >= 11 is 0. The zero-order chi connectivity index (χ0) is 19.2. The minimum absolute atomic E-state index is 0.159. The summed E-state index contributed by atoms with van der Waals surface area (Å²) in [5.41, 5.74) is 1.48. The van der Waals surface area contributed by atoms with Gasteiger partial charge >= 0.3 is 5.97 Å². The lowest BCUT2D eigenvalue weighted by Gasteiger charge is -2.35. The maximum absolute atomic E-state index is 11.6. The summed E-state index contributed by atoms with van der Waals surface area (Å²) in [5.74, 6) is -6.74. The molecular formula is C20H16O7. The van der Waals surface area contributed by atoms with Crippen LogP contribution < -0.4 is 4.74 Å². The van der Waals surface area contributed by atoms with Gasteiger partial charge in [-0.3, -0.25) is 0 Å². The number of carbonyl (C=O) groups is 1. The number of esters is 1. The van der Waals surface area contributed by atoms with Crippen LogP contribution in [0.3, 0.4) is 0 Å². The van der Waals surface area contributed by atoms with Crippen LogP contribution in [0.2, 0.25) is 0 Å². The van der Waals surface area contributed by atoms with Crippen LogP contribution >= 0.6 is 0 Å². The highest BCUT2D eigenvalue weighted by Gasteiger charge is 2.59. The van der Waals surface area contributed by atoms with Crippen molar-refractivity contribution in [1.82, 2.24) is 0 Å². The van der Waals surface area contributed by atoms with Crippen LogP contribution in [0.15, 0.2) is 65.1 Å². The van der Waals surface area contributed by atoms with E-state index in [2.05, 4.69) is 4.74 Å². The second-order valence-corrected chi connectivity index (χ2v) is 6.15. The van der Waals surface area contributed by atoms with Gasteiger partial charge in [0.05, 0.1) is 7.11 Å². The number of methoxy groups -OCH3 is 1. The largest absolute Gasteiger partial charge is 0.463 e. The highest BCUT2D eigenvalue weighted by molar-refractivity contribution is 5.86. The van der Waals surface area contributed by atoms with Crippen molar-refractivity contribution < 1.29 is 34.0 Å². The third-order valence-corrected chi connectivity index (χ3v) is 4.52. The van der Waals surface area contributed by atoms with Crippen molar-refractivity contribution in [3.8, 4) is 16.9 Å². The number of rotatable bonds is 4. The highest BCUT2D eigenvalue weighted by Crippen LogP contribution is 2.49. The molecule has 0 saturated carbocycles. The Morgan fingerprint density at radius 2 is 1.81 bits per heavy atom. The van der Waals surface area contributed by atoms with Crippen LogP contribution in [0.25, 0.3) is 11.1 Å². The summed E-state index contributed by atoms with van der Waals surface area (Å²) in [7, 11) is 1.17. The molecule has 1 aliphatic rings. The molecule has 1 unspecified atom stereocenters. The molecule has 0 radical (unpaired) electrons. The second kappa shape index (κ2) is 5.95. The highest BCUT2D eigenvalue weighted by atomic mass is 16.7. The monoisotopic (exact) mass is 368 g/mol. The summed E-state index contributed by atoms with van der Waals surface area (Å²) in [6.07, 6.45) is 0. The SMILES string of the molecule is COC(=O)c1ccc(C(O)(O)C2(O)Oc3ccc(-c4ccccc4)c2c3)o1. The molecule has 0 aliphatic carbocycles. The van der Waals surface area contributed by atoms with E-state index < -0.39 is 23.3 Å². The van der Waals surface area contributed by atoms with E-state index >= 15 is 0 Å². The fourth-order valence-electron chi connectivity index (χ4n) is 3.12. The molecule has 4 rings (SSSR count). The van der Waals surface area contributed by atoms with E-state index in [0.29, 0.717) is 5.56 Å². The predicted molar refractivity (Wildman–Crippen MR) is 92.6 cm³/mol. The van der Waals surface area contributed by atoms with Crippen molar-refractivity contribution in [2.45, 2.75) is 11.6 Å². The van der Waals surface area contributed by atoms with E-state index in [1.54, 1.807) is 12.1 Å². The first-order valence-electron chi connectivity index (χ1n) is 8.11. The Balaban J connectivity index is 1.80. The van der Waals surface area contributed by atoms with E-state index in [0.717, 1.165) is 11.6 Å². The molecule has 0 fully saturated rings. The van der Waals surface area contributed by atoms with Gasteiger partial charge < -0.3 is 29.2 Å². The fraction of sp³-hybridized carbons (Fsp3) is 0.150. The molecule has 1 aromatic heterocycles. The fourth-order valence-corrected chi connectivity index (χ4v) is 3.12. The molecule has 7 nitrogen and oxygen atoms in total. The molecular weight excluding hydrogens is 352 g/mol. The number of benzene rings is 2. The number of hydrogen-bond acceptors (Lipinski definition) is 7. The Morgan fingerprint density at radius 1 is 1.07 bits per heavy atom. The van der Waals surface area contributed by atoms with Crippen molar-refractivity contribution >= 4 is 5.97 Å². The van der Waals surface area contributed by atoms with Gasteiger partial charge in [0.2, 0.25) is 5.76 Å². The molecule has 3 aromatic rings. The van der Waals surface area contributed by atoms with E-state index in [-0.39, 0.29) is 17.1 Å².